The number of aromatic nitrogens is 1. The molecule has 21 heavy (non-hydrogen) atoms. The molecular formula is C19H17NO. The summed E-state index contributed by atoms with van der Waals surface area (Å²) in [7, 11) is 0. The van der Waals surface area contributed by atoms with Crippen LogP contribution in [0.3, 0.4) is 0 Å². The highest BCUT2D eigenvalue weighted by molar-refractivity contribution is 5.35. The summed E-state index contributed by atoms with van der Waals surface area (Å²) in [4.78, 5) is 4.20. The molecule has 0 aliphatic carbocycles. The standard InChI is InChI=1S/C19H17NO/c21-19(16-10-5-2-6-11-16)18(15-8-3-1-4-9-15)17-12-7-13-20-14-17/h1-14,18-19,21H/t18-,19-/m1/s1. The Morgan fingerprint density at radius 2 is 1.24 bits per heavy atom. The van der Waals surface area contributed by atoms with Crippen molar-refractivity contribution in [2.75, 3.05) is 0 Å². The van der Waals surface area contributed by atoms with Crippen LogP contribution in [0.2, 0.25) is 0 Å². The van der Waals surface area contributed by atoms with Gasteiger partial charge in [0.1, 0.15) is 0 Å². The van der Waals surface area contributed by atoms with E-state index in [0.717, 1.165) is 16.7 Å². The molecule has 2 aromatic carbocycles. The quantitative estimate of drug-likeness (QED) is 0.782. The van der Waals surface area contributed by atoms with E-state index in [9.17, 15) is 5.11 Å². The fourth-order valence-electron chi connectivity index (χ4n) is 2.62. The van der Waals surface area contributed by atoms with Gasteiger partial charge in [-0.2, -0.15) is 0 Å². The average molecular weight is 275 g/mol. The van der Waals surface area contributed by atoms with Crippen molar-refractivity contribution >= 4 is 0 Å². The lowest BCUT2D eigenvalue weighted by molar-refractivity contribution is 0.159. The van der Waals surface area contributed by atoms with E-state index in [1.165, 1.54) is 0 Å². The molecule has 3 rings (SSSR count). The van der Waals surface area contributed by atoms with Crippen LogP contribution in [-0.2, 0) is 0 Å². The number of hydrogen-bond acceptors (Lipinski definition) is 2. The monoisotopic (exact) mass is 275 g/mol. The fraction of sp³-hybridized carbons (Fsp3) is 0.105. The predicted octanol–water partition coefficient (Wildman–Crippen LogP) is 3.95. The number of nitrogens with zero attached hydrogens (tertiary/aromatic N) is 1. The zero-order valence-corrected chi connectivity index (χ0v) is 11.6. The topological polar surface area (TPSA) is 33.1 Å². The van der Waals surface area contributed by atoms with Gasteiger partial charge in [0.15, 0.2) is 0 Å². The first-order chi connectivity index (χ1) is 10.4. The predicted molar refractivity (Wildman–Crippen MR) is 83.9 cm³/mol. The Kier molecular flexibility index (Phi) is 4.08. The van der Waals surface area contributed by atoms with Crippen LogP contribution in [0.5, 0.6) is 0 Å². The van der Waals surface area contributed by atoms with Crippen LogP contribution < -0.4 is 0 Å². The van der Waals surface area contributed by atoms with Crippen LogP contribution in [0, 0.1) is 0 Å². The Labute approximate surface area is 124 Å². The second-order valence-corrected chi connectivity index (χ2v) is 5.03. The third kappa shape index (κ3) is 3.01. The van der Waals surface area contributed by atoms with Crippen molar-refractivity contribution in [1.29, 1.82) is 0 Å². The second-order valence-electron chi connectivity index (χ2n) is 5.03. The molecule has 0 aliphatic rings. The highest BCUT2D eigenvalue weighted by atomic mass is 16.3. The lowest BCUT2D eigenvalue weighted by atomic mass is 9.84. The average Bonchev–Trinajstić information content (AvgIpc) is 2.58. The van der Waals surface area contributed by atoms with E-state index in [1.54, 1.807) is 6.20 Å². The van der Waals surface area contributed by atoms with Gasteiger partial charge in [-0.05, 0) is 22.8 Å². The minimum Gasteiger partial charge on any atom is -0.387 e. The summed E-state index contributed by atoms with van der Waals surface area (Å²) in [5.74, 6) is -0.123. The Morgan fingerprint density at radius 1 is 0.667 bits per heavy atom. The molecule has 0 fully saturated rings. The number of pyridine rings is 1. The Balaban J connectivity index is 2.05. The summed E-state index contributed by atoms with van der Waals surface area (Å²) in [6.45, 7) is 0. The highest BCUT2D eigenvalue weighted by Gasteiger charge is 2.24. The molecule has 0 aliphatic heterocycles. The van der Waals surface area contributed by atoms with Gasteiger partial charge in [0.05, 0.1) is 6.10 Å². The lowest BCUT2D eigenvalue weighted by Crippen LogP contribution is -2.12. The number of benzene rings is 2. The minimum atomic E-state index is -0.599. The number of hydrogen-bond donors (Lipinski definition) is 1. The Morgan fingerprint density at radius 3 is 1.81 bits per heavy atom. The lowest BCUT2D eigenvalue weighted by Gasteiger charge is -2.24. The molecule has 0 amide bonds. The van der Waals surface area contributed by atoms with Gasteiger partial charge < -0.3 is 5.11 Å². The SMILES string of the molecule is O[C@H](c1ccccc1)[C@H](c1ccccc1)c1cccnc1. The van der Waals surface area contributed by atoms with E-state index in [4.69, 9.17) is 0 Å². The van der Waals surface area contributed by atoms with Crippen LogP contribution >= 0.6 is 0 Å². The van der Waals surface area contributed by atoms with Gasteiger partial charge in [-0.1, -0.05) is 66.7 Å². The van der Waals surface area contributed by atoms with Crippen molar-refractivity contribution in [1.82, 2.24) is 4.98 Å². The molecule has 1 aromatic heterocycles. The summed E-state index contributed by atoms with van der Waals surface area (Å²) in [5.41, 5.74) is 3.01. The van der Waals surface area contributed by atoms with Crippen LogP contribution in [0.1, 0.15) is 28.7 Å². The van der Waals surface area contributed by atoms with Gasteiger partial charge in [0.2, 0.25) is 0 Å². The van der Waals surface area contributed by atoms with E-state index >= 15 is 0 Å². The number of rotatable bonds is 4. The second kappa shape index (κ2) is 6.33. The summed E-state index contributed by atoms with van der Waals surface area (Å²) < 4.78 is 0. The molecular weight excluding hydrogens is 258 g/mol. The molecule has 0 saturated heterocycles. The third-order valence-corrected chi connectivity index (χ3v) is 3.66. The van der Waals surface area contributed by atoms with Crippen molar-refractivity contribution in [3.63, 3.8) is 0 Å². The Hall–Kier alpha value is -2.45. The molecule has 1 heterocycles. The number of aliphatic hydroxyl groups excluding tert-OH is 1. The largest absolute Gasteiger partial charge is 0.387 e. The summed E-state index contributed by atoms with van der Waals surface area (Å²) >= 11 is 0. The van der Waals surface area contributed by atoms with Gasteiger partial charge in [0, 0.05) is 18.3 Å². The molecule has 2 atom stereocenters. The normalized spacial score (nSPS) is 13.6. The first-order valence-corrected chi connectivity index (χ1v) is 7.04. The molecule has 0 spiro atoms. The maximum atomic E-state index is 10.9. The van der Waals surface area contributed by atoms with Crippen molar-refractivity contribution in [3.8, 4) is 0 Å². The van der Waals surface area contributed by atoms with Gasteiger partial charge in [0.25, 0.3) is 0 Å². The van der Waals surface area contributed by atoms with Crippen molar-refractivity contribution < 1.29 is 5.11 Å². The maximum Gasteiger partial charge on any atom is 0.0899 e. The summed E-state index contributed by atoms with van der Waals surface area (Å²) in [6.07, 6.45) is 2.97. The van der Waals surface area contributed by atoms with Gasteiger partial charge in [-0.25, -0.2) is 0 Å². The van der Waals surface area contributed by atoms with Crippen molar-refractivity contribution in [2.45, 2.75) is 12.0 Å². The molecule has 2 nitrogen and oxygen atoms in total. The molecule has 3 aromatic rings. The zero-order chi connectivity index (χ0) is 14.5. The van der Waals surface area contributed by atoms with E-state index < -0.39 is 6.10 Å². The van der Waals surface area contributed by atoms with E-state index in [1.807, 2.05) is 79.0 Å². The first-order valence-electron chi connectivity index (χ1n) is 7.04. The van der Waals surface area contributed by atoms with Crippen LogP contribution in [0.4, 0.5) is 0 Å². The summed E-state index contributed by atoms with van der Waals surface area (Å²) in [5, 5.41) is 10.9. The van der Waals surface area contributed by atoms with Crippen molar-refractivity contribution in [3.05, 3.63) is 102 Å². The first kappa shape index (κ1) is 13.5. The Bertz CT molecular complexity index is 628. The van der Waals surface area contributed by atoms with E-state index in [-0.39, 0.29) is 5.92 Å². The van der Waals surface area contributed by atoms with E-state index in [0.29, 0.717) is 0 Å². The van der Waals surface area contributed by atoms with Gasteiger partial charge in [-0.3, -0.25) is 4.98 Å². The van der Waals surface area contributed by atoms with Crippen LogP contribution in [0.15, 0.2) is 85.2 Å². The zero-order valence-electron chi connectivity index (χ0n) is 11.6. The number of aliphatic hydroxyl groups is 1. The molecule has 0 unspecified atom stereocenters. The molecule has 0 bridgehead atoms. The highest BCUT2D eigenvalue weighted by Crippen LogP contribution is 2.36. The van der Waals surface area contributed by atoms with Crippen LogP contribution in [-0.4, -0.2) is 10.1 Å². The van der Waals surface area contributed by atoms with Gasteiger partial charge in [-0.15, -0.1) is 0 Å². The fourth-order valence-corrected chi connectivity index (χ4v) is 2.62. The van der Waals surface area contributed by atoms with Crippen LogP contribution in [0.25, 0.3) is 0 Å². The van der Waals surface area contributed by atoms with E-state index in [2.05, 4.69) is 4.98 Å². The molecule has 1 N–H and O–H groups in total. The smallest absolute Gasteiger partial charge is 0.0899 e. The third-order valence-electron chi connectivity index (χ3n) is 3.66. The minimum absolute atomic E-state index is 0.123. The van der Waals surface area contributed by atoms with Crippen molar-refractivity contribution in [2.24, 2.45) is 0 Å². The molecule has 2 heteroatoms. The maximum absolute atomic E-state index is 10.9. The molecule has 0 radical (unpaired) electrons. The van der Waals surface area contributed by atoms with Gasteiger partial charge >= 0.3 is 0 Å². The summed E-state index contributed by atoms with van der Waals surface area (Å²) in [6, 6.07) is 23.7. The molecule has 104 valence electrons. The molecule has 0 saturated carbocycles.